The van der Waals surface area contributed by atoms with Crippen LogP contribution >= 0.6 is 0 Å². The summed E-state index contributed by atoms with van der Waals surface area (Å²) >= 11 is 0. The van der Waals surface area contributed by atoms with Crippen LogP contribution in [0.5, 0.6) is 0 Å². The lowest BCUT2D eigenvalue weighted by molar-refractivity contribution is -0.136. The number of aliphatic carboxylic acids is 1. The molecule has 130 valence electrons. The minimum Gasteiger partial charge on any atom is -0.481 e. The third kappa shape index (κ3) is 7.08. The van der Waals surface area contributed by atoms with Gasteiger partial charge in [-0.2, -0.15) is 0 Å². The third-order valence-electron chi connectivity index (χ3n) is 4.50. The maximum absolute atomic E-state index is 12.0. The minimum atomic E-state index is -0.904. The van der Waals surface area contributed by atoms with Crippen LogP contribution in [0.2, 0.25) is 0 Å². The van der Waals surface area contributed by atoms with Gasteiger partial charge in [0.15, 0.2) is 0 Å². The summed E-state index contributed by atoms with van der Waals surface area (Å²) < 4.78 is 0. The molecule has 2 N–H and O–H groups in total. The Bertz CT molecular complexity index is 441. The first-order valence-electron chi connectivity index (χ1n) is 8.55. The van der Waals surface area contributed by atoms with Gasteiger partial charge in [0, 0.05) is 25.2 Å². The number of carboxylic acids is 1. The molecule has 5 heteroatoms. The van der Waals surface area contributed by atoms with Gasteiger partial charge in [0.2, 0.25) is 0 Å². The molecule has 3 atom stereocenters. The van der Waals surface area contributed by atoms with Gasteiger partial charge in [-0.05, 0) is 25.2 Å². The lowest BCUT2D eigenvalue weighted by atomic mass is 9.86. The monoisotopic (exact) mass is 324 g/mol. The number of aliphatic hydroxyl groups excluding tert-OH is 1. The summed E-state index contributed by atoms with van der Waals surface area (Å²) in [4.78, 5) is 34.3. The molecule has 0 bridgehead atoms. The Labute approximate surface area is 137 Å². The van der Waals surface area contributed by atoms with E-state index < -0.39 is 12.1 Å². The molecular weight excluding hydrogens is 296 g/mol. The number of carbonyl (C=O) groups is 3. The second-order valence-corrected chi connectivity index (χ2v) is 6.35. The van der Waals surface area contributed by atoms with Crippen LogP contribution in [-0.2, 0) is 14.4 Å². The Hall–Kier alpha value is -1.49. The fraction of sp³-hybridized carbons (Fsp3) is 0.722. The molecule has 23 heavy (non-hydrogen) atoms. The number of hydrogen-bond acceptors (Lipinski definition) is 4. The highest BCUT2D eigenvalue weighted by molar-refractivity contribution is 5.85. The van der Waals surface area contributed by atoms with E-state index >= 15 is 0 Å². The number of unbranched alkanes of at least 4 members (excludes halogenated alkanes) is 2. The molecule has 1 saturated carbocycles. The molecular formula is C18H28O5. The number of allylic oxidation sites excluding steroid dienone is 1. The number of hydrogen-bond donors (Lipinski definition) is 2. The Morgan fingerprint density at radius 2 is 1.96 bits per heavy atom. The van der Waals surface area contributed by atoms with E-state index in [-0.39, 0.29) is 36.2 Å². The zero-order valence-corrected chi connectivity index (χ0v) is 13.9. The second kappa shape index (κ2) is 10.3. The fourth-order valence-electron chi connectivity index (χ4n) is 3.16. The number of aliphatic hydroxyl groups is 1. The van der Waals surface area contributed by atoms with Crippen molar-refractivity contribution in [1.29, 1.82) is 0 Å². The molecule has 0 aliphatic heterocycles. The Morgan fingerprint density at radius 1 is 1.22 bits per heavy atom. The van der Waals surface area contributed by atoms with Gasteiger partial charge in [0.05, 0.1) is 12.5 Å². The van der Waals surface area contributed by atoms with Crippen molar-refractivity contribution in [3.8, 4) is 0 Å². The molecule has 0 radical (unpaired) electrons. The average molecular weight is 324 g/mol. The predicted molar refractivity (Wildman–Crippen MR) is 87.0 cm³/mol. The highest BCUT2D eigenvalue weighted by atomic mass is 16.4. The zero-order valence-electron chi connectivity index (χ0n) is 13.9. The van der Waals surface area contributed by atoms with Gasteiger partial charge < -0.3 is 10.2 Å². The van der Waals surface area contributed by atoms with E-state index in [4.69, 9.17) is 5.11 Å². The quantitative estimate of drug-likeness (QED) is 0.450. The van der Waals surface area contributed by atoms with Gasteiger partial charge >= 0.3 is 5.97 Å². The Balaban J connectivity index is 2.46. The summed E-state index contributed by atoms with van der Waals surface area (Å²) in [5, 5.41) is 18.6. The van der Waals surface area contributed by atoms with Gasteiger partial charge in [0.1, 0.15) is 11.6 Å². The van der Waals surface area contributed by atoms with Crippen molar-refractivity contribution in [2.75, 3.05) is 0 Å². The summed E-state index contributed by atoms with van der Waals surface area (Å²) in [6.45, 7) is 2.09. The lowest BCUT2D eigenvalue weighted by Gasteiger charge is -2.19. The molecule has 0 aromatic heterocycles. The van der Waals surface area contributed by atoms with Crippen LogP contribution in [0.1, 0.15) is 64.7 Å². The highest BCUT2D eigenvalue weighted by Crippen LogP contribution is 2.35. The predicted octanol–water partition coefficient (Wildman–Crippen LogP) is 2.90. The van der Waals surface area contributed by atoms with Crippen molar-refractivity contribution < 1.29 is 24.6 Å². The topological polar surface area (TPSA) is 91.7 Å². The van der Waals surface area contributed by atoms with Crippen molar-refractivity contribution >= 4 is 17.5 Å². The molecule has 0 aromatic carbocycles. The van der Waals surface area contributed by atoms with Gasteiger partial charge in [-0.1, -0.05) is 31.9 Å². The van der Waals surface area contributed by atoms with Crippen LogP contribution in [0, 0.1) is 11.8 Å². The van der Waals surface area contributed by atoms with Crippen LogP contribution < -0.4 is 0 Å². The maximum Gasteiger partial charge on any atom is 0.307 e. The fourth-order valence-corrected chi connectivity index (χ4v) is 3.16. The van der Waals surface area contributed by atoms with Crippen LogP contribution in [0.15, 0.2) is 12.2 Å². The van der Waals surface area contributed by atoms with Crippen molar-refractivity contribution in [2.24, 2.45) is 11.8 Å². The minimum absolute atomic E-state index is 0.0236. The van der Waals surface area contributed by atoms with Gasteiger partial charge in [-0.3, -0.25) is 14.4 Å². The van der Waals surface area contributed by atoms with Crippen LogP contribution in [0.3, 0.4) is 0 Å². The zero-order chi connectivity index (χ0) is 17.2. The van der Waals surface area contributed by atoms with Crippen molar-refractivity contribution in [1.82, 2.24) is 0 Å². The number of ketones is 2. The van der Waals surface area contributed by atoms with Crippen LogP contribution in [-0.4, -0.2) is 33.9 Å². The van der Waals surface area contributed by atoms with Gasteiger partial charge in [-0.15, -0.1) is 0 Å². The molecule has 0 heterocycles. The number of carboxylic acid groups (broad SMARTS) is 1. The summed E-state index contributed by atoms with van der Waals surface area (Å²) in [6.07, 6.45) is 7.63. The Kier molecular flexibility index (Phi) is 8.77. The van der Waals surface area contributed by atoms with E-state index in [1.54, 1.807) is 12.2 Å². The summed E-state index contributed by atoms with van der Waals surface area (Å²) in [5.74, 6) is -1.17. The molecule has 0 amide bonds. The molecule has 0 saturated heterocycles. The number of rotatable bonds is 11. The molecule has 1 aliphatic rings. The lowest BCUT2D eigenvalue weighted by Crippen LogP contribution is -2.21. The molecule has 1 rings (SSSR count). The van der Waals surface area contributed by atoms with E-state index in [2.05, 4.69) is 6.92 Å². The van der Waals surface area contributed by atoms with E-state index in [1.165, 1.54) is 0 Å². The smallest absolute Gasteiger partial charge is 0.307 e. The number of Topliss-reactive ketones (excluding diaryl/α,β-unsaturated/α-hetero) is 2. The van der Waals surface area contributed by atoms with Crippen molar-refractivity contribution in [3.63, 3.8) is 0 Å². The first kappa shape index (κ1) is 19.6. The van der Waals surface area contributed by atoms with Crippen LogP contribution in [0.4, 0.5) is 0 Å². The highest BCUT2D eigenvalue weighted by Gasteiger charge is 2.40. The summed E-state index contributed by atoms with van der Waals surface area (Å²) in [6, 6.07) is 0. The SMILES string of the molecule is CCCCCC(=O)CC[C@H]1C(=O)C[C@H](O)[C@@H]1C/C=C\CC(=O)O. The molecule has 0 unspecified atom stereocenters. The normalized spacial score (nSPS) is 24.4. The molecule has 1 fully saturated rings. The van der Waals surface area contributed by atoms with Crippen molar-refractivity contribution in [3.05, 3.63) is 12.2 Å². The molecule has 1 aliphatic carbocycles. The summed E-state index contributed by atoms with van der Waals surface area (Å²) in [7, 11) is 0. The first-order chi connectivity index (χ1) is 11.0. The largest absolute Gasteiger partial charge is 0.481 e. The standard InChI is InChI=1S/C18H28O5/c1-2-3-4-7-13(19)10-11-15-14(16(20)12-17(15)21)8-5-6-9-18(22)23/h5-6,14-16,20H,2-4,7-12H2,1H3,(H,22,23)/b6-5-/t14-,15-,16+/m1/s1. The maximum atomic E-state index is 12.0. The number of carbonyl (C=O) groups excluding carboxylic acids is 2. The van der Waals surface area contributed by atoms with E-state index in [0.29, 0.717) is 25.7 Å². The first-order valence-corrected chi connectivity index (χ1v) is 8.55. The van der Waals surface area contributed by atoms with Gasteiger partial charge in [0.25, 0.3) is 0 Å². The molecule has 0 spiro atoms. The average Bonchev–Trinajstić information content (AvgIpc) is 2.75. The van der Waals surface area contributed by atoms with E-state index in [1.807, 2.05) is 0 Å². The summed E-state index contributed by atoms with van der Waals surface area (Å²) in [5.41, 5.74) is 0. The second-order valence-electron chi connectivity index (χ2n) is 6.35. The van der Waals surface area contributed by atoms with E-state index in [0.717, 1.165) is 19.3 Å². The van der Waals surface area contributed by atoms with E-state index in [9.17, 15) is 19.5 Å². The Morgan fingerprint density at radius 3 is 2.61 bits per heavy atom. The van der Waals surface area contributed by atoms with Gasteiger partial charge in [-0.25, -0.2) is 0 Å². The third-order valence-corrected chi connectivity index (χ3v) is 4.50. The molecule has 0 aromatic rings. The van der Waals surface area contributed by atoms with Crippen LogP contribution in [0.25, 0.3) is 0 Å². The van der Waals surface area contributed by atoms with Crippen molar-refractivity contribution in [2.45, 2.75) is 70.8 Å². The molecule has 5 nitrogen and oxygen atoms in total.